The van der Waals surface area contributed by atoms with Crippen molar-refractivity contribution in [3.8, 4) is 11.1 Å². The summed E-state index contributed by atoms with van der Waals surface area (Å²) in [5, 5.41) is 0.729. The van der Waals surface area contributed by atoms with Crippen molar-refractivity contribution in [1.82, 2.24) is 14.4 Å². The lowest BCUT2D eigenvalue weighted by Gasteiger charge is -2.02. The van der Waals surface area contributed by atoms with E-state index in [1.807, 2.05) is 41.1 Å². The first-order valence-corrected chi connectivity index (χ1v) is 5.25. The zero-order valence-corrected chi connectivity index (χ0v) is 9.09. The Kier molecular flexibility index (Phi) is 2.11. The van der Waals surface area contributed by atoms with E-state index < -0.39 is 0 Å². The van der Waals surface area contributed by atoms with Gasteiger partial charge >= 0.3 is 0 Å². The van der Waals surface area contributed by atoms with E-state index in [9.17, 15) is 0 Å². The monoisotopic (exact) mass is 229 g/mol. The molecule has 2 heterocycles. The lowest BCUT2D eigenvalue weighted by Crippen LogP contribution is -1.89. The molecule has 0 atom stereocenters. The Morgan fingerprint density at radius 1 is 1.12 bits per heavy atom. The van der Waals surface area contributed by atoms with Gasteiger partial charge in [0.2, 0.25) is 0 Å². The average Bonchev–Trinajstić information content (AvgIpc) is 2.78. The number of halogens is 1. The molecule has 0 aliphatic carbocycles. The molecule has 0 bridgehead atoms. The quantitative estimate of drug-likeness (QED) is 0.642. The summed E-state index contributed by atoms with van der Waals surface area (Å²) >= 11 is 5.86. The van der Waals surface area contributed by atoms with E-state index in [1.54, 1.807) is 12.5 Å². The van der Waals surface area contributed by atoms with Crippen LogP contribution in [0.25, 0.3) is 16.8 Å². The maximum atomic E-state index is 5.86. The molecule has 0 saturated heterocycles. The molecule has 1 aromatic carbocycles. The topological polar surface area (TPSA) is 30.2 Å². The normalized spacial score (nSPS) is 10.8. The molecule has 78 valence electrons. The molecule has 0 unspecified atom stereocenters. The predicted octanol–water partition coefficient (Wildman–Crippen LogP) is 3.05. The summed E-state index contributed by atoms with van der Waals surface area (Å²) in [5.74, 6) is 0. The molecule has 0 spiro atoms. The number of hydrogen-bond donors (Lipinski definition) is 0. The van der Waals surface area contributed by atoms with Gasteiger partial charge in [0.15, 0.2) is 0 Å². The summed E-state index contributed by atoms with van der Waals surface area (Å²) in [6, 6.07) is 7.66. The molecule has 0 aliphatic rings. The van der Waals surface area contributed by atoms with E-state index in [2.05, 4.69) is 9.97 Å². The van der Waals surface area contributed by atoms with Crippen LogP contribution in [0.1, 0.15) is 0 Å². The van der Waals surface area contributed by atoms with Gasteiger partial charge in [-0.3, -0.25) is 4.40 Å². The summed E-state index contributed by atoms with van der Waals surface area (Å²) < 4.78 is 1.89. The highest BCUT2D eigenvalue weighted by Crippen LogP contribution is 2.23. The van der Waals surface area contributed by atoms with Crippen molar-refractivity contribution in [2.75, 3.05) is 0 Å². The van der Waals surface area contributed by atoms with Crippen LogP contribution in [-0.2, 0) is 0 Å². The summed E-state index contributed by atoms with van der Waals surface area (Å²) in [5.41, 5.74) is 2.97. The molecule has 0 amide bonds. The zero-order chi connectivity index (χ0) is 11.0. The fourth-order valence-corrected chi connectivity index (χ4v) is 1.81. The number of rotatable bonds is 1. The maximum Gasteiger partial charge on any atom is 0.147 e. The van der Waals surface area contributed by atoms with Gasteiger partial charge in [-0.25, -0.2) is 9.97 Å². The molecule has 0 N–H and O–H groups in total. The molecule has 3 aromatic rings. The largest absolute Gasteiger partial charge is 0.290 e. The standard InChI is InChI=1S/C12H8ClN3/c13-10-3-1-9(2-4-10)11-7-14-8-16-6-5-15-12(11)16/h1-8H. The van der Waals surface area contributed by atoms with Crippen LogP contribution in [0.5, 0.6) is 0 Å². The van der Waals surface area contributed by atoms with Crippen molar-refractivity contribution in [1.29, 1.82) is 0 Å². The van der Waals surface area contributed by atoms with Gasteiger partial charge in [0.1, 0.15) is 12.0 Å². The SMILES string of the molecule is Clc1ccc(-c2cncn3ccnc23)cc1. The van der Waals surface area contributed by atoms with E-state index in [-0.39, 0.29) is 0 Å². The zero-order valence-electron chi connectivity index (χ0n) is 8.34. The number of aromatic nitrogens is 3. The van der Waals surface area contributed by atoms with Crippen molar-refractivity contribution in [2.45, 2.75) is 0 Å². The van der Waals surface area contributed by atoms with Crippen molar-refractivity contribution >= 4 is 17.2 Å². The van der Waals surface area contributed by atoms with Crippen LogP contribution in [0, 0.1) is 0 Å². The highest BCUT2D eigenvalue weighted by atomic mass is 35.5. The summed E-state index contributed by atoms with van der Waals surface area (Å²) in [6.45, 7) is 0. The molecule has 16 heavy (non-hydrogen) atoms. The minimum absolute atomic E-state index is 0.729. The summed E-state index contributed by atoms with van der Waals surface area (Å²) in [7, 11) is 0. The number of fused-ring (bicyclic) bond motifs is 1. The summed E-state index contributed by atoms with van der Waals surface area (Å²) in [4.78, 5) is 8.48. The molecular formula is C12H8ClN3. The second kappa shape index (κ2) is 3.61. The minimum Gasteiger partial charge on any atom is -0.290 e. The van der Waals surface area contributed by atoms with Gasteiger partial charge in [0.25, 0.3) is 0 Å². The van der Waals surface area contributed by atoms with Gasteiger partial charge < -0.3 is 0 Å². The van der Waals surface area contributed by atoms with Crippen LogP contribution < -0.4 is 0 Å². The Balaban J connectivity index is 2.25. The lowest BCUT2D eigenvalue weighted by atomic mass is 10.1. The van der Waals surface area contributed by atoms with Crippen molar-refractivity contribution in [2.24, 2.45) is 0 Å². The van der Waals surface area contributed by atoms with E-state index >= 15 is 0 Å². The van der Waals surface area contributed by atoms with E-state index in [0.29, 0.717) is 0 Å². The molecule has 3 nitrogen and oxygen atoms in total. The third kappa shape index (κ3) is 1.46. The Morgan fingerprint density at radius 3 is 2.75 bits per heavy atom. The fraction of sp³-hybridized carbons (Fsp3) is 0. The number of hydrogen-bond acceptors (Lipinski definition) is 2. The smallest absolute Gasteiger partial charge is 0.147 e. The molecule has 4 heteroatoms. The van der Waals surface area contributed by atoms with Crippen molar-refractivity contribution in [3.05, 3.63) is 54.2 Å². The second-order valence-electron chi connectivity index (χ2n) is 3.47. The van der Waals surface area contributed by atoms with Crippen LogP contribution in [0.2, 0.25) is 5.02 Å². The molecule has 3 rings (SSSR count). The Morgan fingerprint density at radius 2 is 1.94 bits per heavy atom. The van der Waals surface area contributed by atoms with Gasteiger partial charge in [0.05, 0.1) is 0 Å². The van der Waals surface area contributed by atoms with Crippen molar-refractivity contribution < 1.29 is 0 Å². The van der Waals surface area contributed by atoms with Crippen molar-refractivity contribution in [3.63, 3.8) is 0 Å². The maximum absolute atomic E-state index is 5.86. The van der Waals surface area contributed by atoms with Crippen LogP contribution >= 0.6 is 11.6 Å². The molecule has 0 aliphatic heterocycles. The Labute approximate surface area is 97.3 Å². The van der Waals surface area contributed by atoms with Gasteiger partial charge in [0, 0.05) is 29.2 Å². The van der Waals surface area contributed by atoms with E-state index in [4.69, 9.17) is 11.6 Å². The first-order chi connectivity index (χ1) is 7.84. The number of imidazole rings is 1. The Bertz CT molecular complexity index is 628. The fourth-order valence-electron chi connectivity index (χ4n) is 1.69. The lowest BCUT2D eigenvalue weighted by molar-refractivity contribution is 1.09. The first kappa shape index (κ1) is 9.36. The van der Waals surface area contributed by atoms with Crippen LogP contribution in [0.4, 0.5) is 0 Å². The molecular weight excluding hydrogens is 222 g/mol. The second-order valence-corrected chi connectivity index (χ2v) is 3.91. The van der Waals surface area contributed by atoms with Crippen LogP contribution in [0.3, 0.4) is 0 Å². The number of benzene rings is 1. The third-order valence-electron chi connectivity index (χ3n) is 2.46. The third-order valence-corrected chi connectivity index (χ3v) is 2.71. The van der Waals surface area contributed by atoms with E-state index in [0.717, 1.165) is 21.8 Å². The predicted molar refractivity (Wildman–Crippen MR) is 63.4 cm³/mol. The average molecular weight is 230 g/mol. The van der Waals surface area contributed by atoms with Gasteiger partial charge in [-0.05, 0) is 17.7 Å². The van der Waals surface area contributed by atoms with Crippen LogP contribution in [-0.4, -0.2) is 14.4 Å². The van der Waals surface area contributed by atoms with Gasteiger partial charge in [-0.15, -0.1) is 0 Å². The van der Waals surface area contributed by atoms with Gasteiger partial charge in [-0.1, -0.05) is 23.7 Å². The summed E-state index contributed by atoms with van der Waals surface area (Å²) in [6.07, 6.45) is 7.19. The molecule has 0 fully saturated rings. The first-order valence-electron chi connectivity index (χ1n) is 4.87. The van der Waals surface area contributed by atoms with Gasteiger partial charge in [-0.2, -0.15) is 0 Å². The number of nitrogens with zero attached hydrogens (tertiary/aromatic N) is 3. The minimum atomic E-state index is 0.729. The van der Waals surface area contributed by atoms with Crippen LogP contribution in [0.15, 0.2) is 49.2 Å². The molecule has 0 saturated carbocycles. The Hall–Kier alpha value is -1.87. The molecule has 2 aromatic heterocycles. The molecule has 0 radical (unpaired) electrons. The highest BCUT2D eigenvalue weighted by molar-refractivity contribution is 6.30. The van der Waals surface area contributed by atoms with E-state index in [1.165, 1.54) is 0 Å². The highest BCUT2D eigenvalue weighted by Gasteiger charge is 2.04.